The van der Waals surface area contributed by atoms with E-state index in [1.807, 2.05) is 25.1 Å². The van der Waals surface area contributed by atoms with Crippen LogP contribution in [-0.4, -0.2) is 23.0 Å². The van der Waals surface area contributed by atoms with Gasteiger partial charge in [-0.3, -0.25) is 4.79 Å². The average Bonchev–Trinajstić information content (AvgIpc) is 3.17. The molecule has 8 heteroatoms. The monoisotopic (exact) mass is 386 g/mol. The first-order valence-electron chi connectivity index (χ1n) is 8.02. The number of benzene rings is 1. The highest BCUT2D eigenvalue weighted by Crippen LogP contribution is 2.29. The Bertz CT molecular complexity index is 962. The molecule has 0 radical (unpaired) electrons. The van der Waals surface area contributed by atoms with Crippen LogP contribution in [0.5, 0.6) is 0 Å². The molecule has 3 N–H and O–H groups in total. The molecule has 4 rings (SSSR count). The lowest BCUT2D eigenvalue weighted by atomic mass is 10.0. The van der Waals surface area contributed by atoms with Gasteiger partial charge in [-0.05, 0) is 31.2 Å². The Morgan fingerprint density at radius 3 is 2.85 bits per heavy atom. The van der Waals surface area contributed by atoms with Crippen LogP contribution in [-0.2, 0) is 0 Å². The smallest absolute Gasteiger partial charge is 0.319 e. The largest absolute Gasteiger partial charge is 0.329 e. The van der Waals surface area contributed by atoms with Crippen molar-refractivity contribution < 1.29 is 9.59 Å². The zero-order valence-electron chi connectivity index (χ0n) is 13.8. The van der Waals surface area contributed by atoms with E-state index in [1.165, 1.54) is 11.3 Å². The van der Waals surface area contributed by atoms with Gasteiger partial charge in [0.1, 0.15) is 9.88 Å². The summed E-state index contributed by atoms with van der Waals surface area (Å²) in [6.45, 7) is 1.82. The third kappa shape index (κ3) is 3.23. The van der Waals surface area contributed by atoms with Crippen LogP contribution in [0.4, 0.5) is 4.79 Å². The predicted molar refractivity (Wildman–Crippen MR) is 101 cm³/mol. The highest BCUT2D eigenvalue weighted by Gasteiger charge is 2.29. The van der Waals surface area contributed by atoms with Gasteiger partial charge in [0.05, 0.1) is 11.7 Å². The Morgan fingerprint density at radius 2 is 2.08 bits per heavy atom. The first kappa shape index (κ1) is 16.8. The van der Waals surface area contributed by atoms with Gasteiger partial charge >= 0.3 is 6.03 Å². The van der Waals surface area contributed by atoms with Crippen molar-refractivity contribution in [3.63, 3.8) is 0 Å². The normalized spacial score (nSPS) is 18.4. The fraction of sp³-hybridized carbons (Fsp3) is 0.167. The number of aryl methyl sites for hydroxylation is 1. The summed E-state index contributed by atoms with van der Waals surface area (Å²) in [4.78, 5) is 29.1. The summed E-state index contributed by atoms with van der Waals surface area (Å²) < 4.78 is 0. The van der Waals surface area contributed by atoms with E-state index in [0.717, 1.165) is 22.0 Å². The number of hydrogen-bond donors (Lipinski definition) is 3. The number of thiazole rings is 1. The van der Waals surface area contributed by atoms with Crippen molar-refractivity contribution in [2.75, 3.05) is 0 Å². The first-order chi connectivity index (χ1) is 12.5. The van der Waals surface area contributed by atoms with Crippen molar-refractivity contribution >= 4 is 34.9 Å². The van der Waals surface area contributed by atoms with Crippen molar-refractivity contribution in [3.8, 4) is 10.6 Å². The van der Waals surface area contributed by atoms with Gasteiger partial charge in [-0.25, -0.2) is 9.78 Å². The number of hydrogen-bond acceptors (Lipinski definition) is 4. The van der Waals surface area contributed by atoms with Crippen molar-refractivity contribution in [2.24, 2.45) is 0 Å². The molecule has 1 aliphatic heterocycles. The van der Waals surface area contributed by atoms with Gasteiger partial charge in [0, 0.05) is 28.4 Å². The minimum absolute atomic E-state index is 0.116. The molecule has 2 aromatic rings. The fourth-order valence-corrected chi connectivity index (χ4v) is 4.00. The molecule has 2 heterocycles. The zero-order valence-corrected chi connectivity index (χ0v) is 15.4. The van der Waals surface area contributed by atoms with Crippen LogP contribution in [0.2, 0.25) is 5.02 Å². The van der Waals surface area contributed by atoms with E-state index in [1.54, 1.807) is 18.2 Å². The number of amides is 3. The van der Waals surface area contributed by atoms with Crippen molar-refractivity contribution in [1.82, 2.24) is 20.9 Å². The highest BCUT2D eigenvalue weighted by atomic mass is 35.5. The standard InChI is InChI=1S/C18H15ClN4O2S/c1-9-15(26-17(20-9)10-2-4-11(19)5-3-10)16(24)21-12-6-7-13-14(8-12)23-18(25)22-13/h2-7,14H,8H2,1H3,(H,21,24)(H2,22,23,25). The number of rotatable bonds is 3. The van der Waals surface area contributed by atoms with Gasteiger partial charge in [0.25, 0.3) is 5.91 Å². The summed E-state index contributed by atoms with van der Waals surface area (Å²) in [5.41, 5.74) is 3.19. The number of nitrogens with zero attached hydrogens (tertiary/aromatic N) is 1. The molecule has 26 heavy (non-hydrogen) atoms. The molecule has 0 bridgehead atoms. The van der Waals surface area contributed by atoms with E-state index < -0.39 is 0 Å². The molecule has 1 atom stereocenters. The van der Waals surface area contributed by atoms with Gasteiger partial charge in [0.2, 0.25) is 0 Å². The first-order valence-corrected chi connectivity index (χ1v) is 9.22. The topological polar surface area (TPSA) is 83.1 Å². The van der Waals surface area contributed by atoms with Crippen LogP contribution >= 0.6 is 22.9 Å². The molecule has 1 saturated heterocycles. The van der Waals surface area contributed by atoms with E-state index in [4.69, 9.17) is 11.6 Å². The van der Waals surface area contributed by atoms with Crippen LogP contribution in [0.3, 0.4) is 0 Å². The van der Waals surface area contributed by atoms with Crippen LogP contribution in [0.1, 0.15) is 21.8 Å². The lowest BCUT2D eigenvalue weighted by Crippen LogP contribution is -2.32. The third-order valence-corrected chi connectivity index (χ3v) is 5.65. The number of halogens is 1. The second-order valence-electron chi connectivity index (χ2n) is 6.06. The lowest BCUT2D eigenvalue weighted by molar-refractivity contribution is 0.0967. The summed E-state index contributed by atoms with van der Waals surface area (Å²) >= 11 is 7.26. The quantitative estimate of drug-likeness (QED) is 0.756. The van der Waals surface area contributed by atoms with Gasteiger partial charge in [-0.1, -0.05) is 23.7 Å². The maximum atomic E-state index is 12.7. The zero-order chi connectivity index (χ0) is 18.3. The number of fused-ring (bicyclic) bond motifs is 1. The molecule has 3 amide bonds. The molecule has 6 nitrogen and oxygen atoms in total. The van der Waals surface area contributed by atoms with Gasteiger partial charge < -0.3 is 16.0 Å². The number of allylic oxidation sites excluding steroid dienone is 2. The minimum atomic E-state index is -0.215. The van der Waals surface area contributed by atoms with Crippen molar-refractivity contribution in [3.05, 3.63) is 63.4 Å². The number of carbonyl (C=O) groups excluding carboxylic acids is 2. The number of carbonyl (C=O) groups is 2. The lowest BCUT2D eigenvalue weighted by Gasteiger charge is -2.18. The Kier molecular flexibility index (Phi) is 4.26. The second-order valence-corrected chi connectivity index (χ2v) is 7.50. The SMILES string of the molecule is Cc1nc(-c2ccc(Cl)cc2)sc1C(=O)NC1=CC=C2NC(=O)NC2C1. The maximum absolute atomic E-state index is 12.7. The van der Waals surface area contributed by atoms with Crippen LogP contribution in [0.25, 0.3) is 10.6 Å². The number of urea groups is 1. The van der Waals surface area contributed by atoms with Crippen LogP contribution in [0, 0.1) is 6.92 Å². The predicted octanol–water partition coefficient (Wildman–Crippen LogP) is 3.35. The fourth-order valence-electron chi connectivity index (χ4n) is 2.91. The Morgan fingerprint density at radius 1 is 1.31 bits per heavy atom. The van der Waals surface area contributed by atoms with Gasteiger partial charge in [0.15, 0.2) is 0 Å². The van der Waals surface area contributed by atoms with Crippen molar-refractivity contribution in [1.29, 1.82) is 0 Å². The molecule has 1 unspecified atom stereocenters. The highest BCUT2D eigenvalue weighted by molar-refractivity contribution is 7.17. The molecular formula is C18H15ClN4O2S. The van der Waals surface area contributed by atoms with Crippen molar-refractivity contribution in [2.45, 2.75) is 19.4 Å². The second kappa shape index (κ2) is 6.59. The van der Waals surface area contributed by atoms with E-state index in [-0.39, 0.29) is 18.0 Å². The summed E-state index contributed by atoms with van der Waals surface area (Å²) in [7, 11) is 0. The Labute approximate surface area is 159 Å². The van der Waals surface area contributed by atoms with Gasteiger partial charge in [-0.15, -0.1) is 11.3 Å². The summed E-state index contributed by atoms with van der Waals surface area (Å²) in [6.07, 6.45) is 4.16. The Hall–Kier alpha value is -2.64. The molecule has 1 aliphatic carbocycles. The molecule has 0 spiro atoms. The minimum Gasteiger partial charge on any atom is -0.329 e. The molecule has 132 valence electrons. The average molecular weight is 387 g/mol. The molecule has 2 aliphatic rings. The van der Waals surface area contributed by atoms with E-state index >= 15 is 0 Å². The summed E-state index contributed by atoms with van der Waals surface area (Å²) in [6, 6.07) is 7.03. The number of nitrogens with one attached hydrogen (secondary N) is 3. The van der Waals surface area contributed by atoms with Crippen LogP contribution in [0.15, 0.2) is 47.8 Å². The molecule has 1 fully saturated rings. The maximum Gasteiger partial charge on any atom is 0.319 e. The Balaban J connectivity index is 1.51. The van der Waals surface area contributed by atoms with Crippen LogP contribution < -0.4 is 16.0 Å². The molecule has 0 saturated carbocycles. The molecule has 1 aromatic heterocycles. The van der Waals surface area contributed by atoms with Gasteiger partial charge in [-0.2, -0.15) is 0 Å². The third-order valence-electron chi connectivity index (χ3n) is 4.19. The number of aromatic nitrogens is 1. The summed E-state index contributed by atoms with van der Waals surface area (Å²) in [5.74, 6) is -0.194. The molecule has 1 aromatic carbocycles. The van der Waals surface area contributed by atoms with E-state index in [9.17, 15) is 9.59 Å². The van der Waals surface area contributed by atoms with E-state index in [2.05, 4.69) is 20.9 Å². The molecular weight excluding hydrogens is 372 g/mol. The summed E-state index contributed by atoms with van der Waals surface area (Å²) in [5, 5.41) is 9.90. The van der Waals surface area contributed by atoms with E-state index in [0.29, 0.717) is 22.0 Å².